The minimum Gasteiger partial charge on any atom is -0.446 e. The van der Waals surface area contributed by atoms with E-state index in [2.05, 4.69) is 4.98 Å². The monoisotopic (exact) mass is 359 g/mol. The second-order valence-corrected chi connectivity index (χ2v) is 5.53. The zero-order valence-corrected chi connectivity index (χ0v) is 14.7. The van der Waals surface area contributed by atoms with E-state index in [9.17, 15) is 19.2 Å². The first-order chi connectivity index (χ1) is 12.5. The van der Waals surface area contributed by atoms with Crippen molar-refractivity contribution in [1.29, 1.82) is 0 Å². The van der Waals surface area contributed by atoms with Crippen LogP contribution >= 0.6 is 0 Å². The van der Waals surface area contributed by atoms with Gasteiger partial charge in [-0.3, -0.25) is 23.9 Å². The molecule has 0 unspecified atom stereocenters. The number of carbonyl (C=O) groups excluding carboxylic acids is 2. The van der Waals surface area contributed by atoms with Crippen LogP contribution in [0.25, 0.3) is 0 Å². The summed E-state index contributed by atoms with van der Waals surface area (Å²) in [5, 5.41) is 0. The molecule has 1 aromatic carbocycles. The first-order valence-electron chi connectivity index (χ1n) is 8.29. The van der Waals surface area contributed by atoms with E-state index in [0.717, 1.165) is 10.6 Å². The quantitative estimate of drug-likeness (QED) is 0.733. The van der Waals surface area contributed by atoms with Crippen LogP contribution in [0.3, 0.4) is 0 Å². The number of benzene rings is 1. The molecule has 0 aliphatic rings. The van der Waals surface area contributed by atoms with E-state index in [1.807, 2.05) is 13.8 Å². The highest BCUT2D eigenvalue weighted by molar-refractivity contribution is 5.85. The van der Waals surface area contributed by atoms with Crippen molar-refractivity contribution in [2.45, 2.75) is 26.5 Å². The summed E-state index contributed by atoms with van der Waals surface area (Å²) in [6, 6.07) is 9.82. The van der Waals surface area contributed by atoms with E-state index >= 15 is 0 Å². The Kier molecular flexibility index (Phi) is 6.48. The molecule has 0 aliphatic heterocycles. The fourth-order valence-corrected chi connectivity index (χ4v) is 2.47. The maximum absolute atomic E-state index is 12.7. The molecular weight excluding hydrogens is 338 g/mol. The number of rotatable bonds is 7. The third kappa shape index (κ3) is 4.69. The molecule has 2 aromatic rings. The van der Waals surface area contributed by atoms with E-state index in [-0.39, 0.29) is 5.91 Å². The second-order valence-electron chi connectivity index (χ2n) is 5.53. The molecule has 0 bridgehead atoms. The predicted octanol–water partition coefficient (Wildman–Crippen LogP) is 0.690. The molecule has 138 valence electrons. The molecule has 0 saturated carbocycles. The molecule has 0 saturated heterocycles. The molecule has 1 atom stereocenters. The van der Waals surface area contributed by atoms with Crippen LogP contribution in [0.5, 0.6) is 0 Å². The Morgan fingerprint density at radius 3 is 2.35 bits per heavy atom. The van der Waals surface area contributed by atoms with Crippen LogP contribution in [0.15, 0.2) is 52.2 Å². The zero-order valence-electron chi connectivity index (χ0n) is 14.7. The fourth-order valence-electron chi connectivity index (χ4n) is 2.47. The fraction of sp³-hybridized carbons (Fsp3) is 0.333. The third-order valence-electron chi connectivity index (χ3n) is 3.85. The lowest BCUT2D eigenvalue weighted by atomic mass is 10.1. The second kappa shape index (κ2) is 8.80. The average Bonchev–Trinajstić information content (AvgIpc) is 2.63. The van der Waals surface area contributed by atoms with Gasteiger partial charge < -0.3 is 9.64 Å². The molecule has 2 rings (SSSR count). The average molecular weight is 359 g/mol. The zero-order chi connectivity index (χ0) is 19.1. The van der Waals surface area contributed by atoms with Crippen LogP contribution in [0.2, 0.25) is 0 Å². The van der Waals surface area contributed by atoms with Crippen molar-refractivity contribution in [3.8, 4) is 0 Å². The number of aromatic nitrogens is 2. The van der Waals surface area contributed by atoms with E-state index < -0.39 is 29.9 Å². The van der Waals surface area contributed by atoms with Gasteiger partial charge in [-0.25, -0.2) is 4.79 Å². The number of esters is 1. The van der Waals surface area contributed by atoms with Crippen LogP contribution in [0.1, 0.15) is 25.5 Å². The lowest BCUT2D eigenvalue weighted by Gasteiger charge is -2.25. The summed E-state index contributed by atoms with van der Waals surface area (Å²) in [5.74, 6) is -1.09. The van der Waals surface area contributed by atoms with Crippen LogP contribution in [0.4, 0.5) is 0 Å². The largest absolute Gasteiger partial charge is 0.446 e. The third-order valence-corrected chi connectivity index (χ3v) is 3.85. The minimum absolute atomic E-state index is 0.330. The number of aromatic amines is 1. The summed E-state index contributed by atoms with van der Waals surface area (Å²) in [6.45, 7) is 4.23. The molecule has 1 N–H and O–H groups in total. The highest BCUT2D eigenvalue weighted by Crippen LogP contribution is 2.20. The van der Waals surface area contributed by atoms with E-state index in [1.54, 1.807) is 35.2 Å². The number of nitrogens with zero attached hydrogens (tertiary/aromatic N) is 2. The minimum atomic E-state index is -1.10. The van der Waals surface area contributed by atoms with Gasteiger partial charge in [0.25, 0.3) is 11.5 Å². The van der Waals surface area contributed by atoms with Gasteiger partial charge in [0.15, 0.2) is 0 Å². The van der Waals surface area contributed by atoms with Crippen molar-refractivity contribution in [1.82, 2.24) is 14.5 Å². The van der Waals surface area contributed by atoms with Crippen molar-refractivity contribution >= 4 is 11.9 Å². The SMILES string of the molecule is CCN(CC)C(=O)[C@H](OC(=O)Cn1ccc(=O)[nH]c1=O)c1ccccc1. The first kappa shape index (κ1) is 19.2. The number of amides is 1. The summed E-state index contributed by atoms with van der Waals surface area (Å²) in [4.78, 5) is 51.4. The molecule has 1 heterocycles. The van der Waals surface area contributed by atoms with Crippen molar-refractivity contribution in [2.75, 3.05) is 13.1 Å². The molecule has 0 aliphatic carbocycles. The normalized spacial score (nSPS) is 11.6. The number of ether oxygens (including phenoxy) is 1. The predicted molar refractivity (Wildman–Crippen MR) is 94.5 cm³/mol. The molecule has 1 amide bonds. The van der Waals surface area contributed by atoms with Gasteiger partial charge in [0.1, 0.15) is 6.54 Å². The maximum Gasteiger partial charge on any atom is 0.328 e. The number of nitrogens with one attached hydrogen (secondary N) is 1. The molecule has 0 radical (unpaired) electrons. The van der Waals surface area contributed by atoms with Crippen LogP contribution < -0.4 is 11.2 Å². The van der Waals surface area contributed by atoms with Crippen LogP contribution in [-0.2, 0) is 20.9 Å². The standard InChI is InChI=1S/C18H21N3O5/c1-3-20(4-2)17(24)16(13-8-6-5-7-9-13)26-15(23)12-21-11-10-14(22)19-18(21)25/h5-11,16H,3-4,12H2,1-2H3,(H,19,22,25)/t16-/m1/s1. The summed E-state index contributed by atoms with van der Waals surface area (Å²) in [7, 11) is 0. The van der Waals surface area contributed by atoms with Crippen LogP contribution in [0, 0.1) is 0 Å². The Hall–Kier alpha value is -3.16. The number of hydrogen-bond donors (Lipinski definition) is 1. The Bertz CT molecular complexity index is 868. The molecule has 0 fully saturated rings. The van der Waals surface area contributed by atoms with Gasteiger partial charge in [0, 0.05) is 30.9 Å². The molecule has 8 nitrogen and oxygen atoms in total. The lowest BCUT2D eigenvalue weighted by molar-refractivity contribution is -0.161. The summed E-state index contributed by atoms with van der Waals surface area (Å²) in [6.07, 6.45) is 0.105. The van der Waals surface area contributed by atoms with Gasteiger partial charge in [-0.1, -0.05) is 30.3 Å². The highest BCUT2D eigenvalue weighted by Gasteiger charge is 2.28. The Morgan fingerprint density at radius 2 is 1.77 bits per heavy atom. The van der Waals surface area contributed by atoms with Gasteiger partial charge in [-0.15, -0.1) is 0 Å². The molecular formula is C18H21N3O5. The smallest absolute Gasteiger partial charge is 0.328 e. The number of hydrogen-bond acceptors (Lipinski definition) is 5. The molecule has 8 heteroatoms. The van der Waals surface area contributed by atoms with Crippen molar-refractivity contribution < 1.29 is 14.3 Å². The van der Waals surface area contributed by atoms with E-state index in [0.29, 0.717) is 18.7 Å². The van der Waals surface area contributed by atoms with Crippen molar-refractivity contribution in [2.24, 2.45) is 0 Å². The van der Waals surface area contributed by atoms with Crippen molar-refractivity contribution in [3.63, 3.8) is 0 Å². The molecule has 26 heavy (non-hydrogen) atoms. The maximum atomic E-state index is 12.7. The Morgan fingerprint density at radius 1 is 1.12 bits per heavy atom. The first-order valence-corrected chi connectivity index (χ1v) is 8.29. The topological polar surface area (TPSA) is 101 Å². The van der Waals surface area contributed by atoms with Gasteiger partial charge >= 0.3 is 11.7 Å². The van der Waals surface area contributed by atoms with E-state index in [1.165, 1.54) is 6.20 Å². The van der Waals surface area contributed by atoms with Gasteiger partial charge in [-0.05, 0) is 13.8 Å². The van der Waals surface area contributed by atoms with Crippen LogP contribution in [-0.4, -0.2) is 39.4 Å². The lowest BCUT2D eigenvalue weighted by Crippen LogP contribution is -2.38. The number of carbonyl (C=O) groups is 2. The van der Waals surface area contributed by atoms with Crippen molar-refractivity contribution in [3.05, 3.63) is 69.0 Å². The molecule has 1 aromatic heterocycles. The summed E-state index contributed by atoms with van der Waals surface area (Å²) < 4.78 is 6.40. The Labute approximate surface area is 150 Å². The van der Waals surface area contributed by atoms with E-state index in [4.69, 9.17) is 4.74 Å². The summed E-state index contributed by atoms with van der Waals surface area (Å²) >= 11 is 0. The highest BCUT2D eigenvalue weighted by atomic mass is 16.5. The number of H-pyrrole nitrogens is 1. The Balaban J connectivity index is 2.23. The van der Waals surface area contributed by atoms with Gasteiger partial charge in [0.2, 0.25) is 6.10 Å². The summed E-state index contributed by atoms with van der Waals surface area (Å²) in [5.41, 5.74) is -0.731. The van der Waals surface area contributed by atoms with Gasteiger partial charge in [0.05, 0.1) is 0 Å². The molecule has 0 spiro atoms. The number of likely N-dealkylation sites (N-methyl/N-ethyl adjacent to an activating group) is 1. The van der Waals surface area contributed by atoms with Gasteiger partial charge in [-0.2, -0.15) is 0 Å².